The number of phosphoric ester groups is 1. The minimum Gasteiger partial charge on any atom is -0.457 e. The third-order valence-electron chi connectivity index (χ3n) is 7.68. The molecule has 0 aliphatic carbocycles. The van der Waals surface area contributed by atoms with Crippen LogP contribution in [0, 0.1) is 0 Å². The summed E-state index contributed by atoms with van der Waals surface area (Å²) in [6.45, 7) is 4.88. The number of nitrogens with two attached hydrogens (primary N) is 1. The summed E-state index contributed by atoms with van der Waals surface area (Å²) >= 11 is 0. The van der Waals surface area contributed by atoms with Gasteiger partial charge in [-0.15, -0.1) is 0 Å². The van der Waals surface area contributed by atoms with E-state index >= 15 is 0 Å². The van der Waals surface area contributed by atoms with Gasteiger partial charge in [-0.3, -0.25) is 13.8 Å². The van der Waals surface area contributed by atoms with Gasteiger partial charge in [-0.1, -0.05) is 142 Å². The van der Waals surface area contributed by atoms with Crippen molar-refractivity contribution < 1.29 is 32.8 Å². The van der Waals surface area contributed by atoms with Gasteiger partial charge < -0.3 is 20.1 Å². The molecule has 9 heteroatoms. The number of carbonyl (C=O) groups is 1. The number of allylic oxidation sites excluding steroid dienone is 2. The minimum atomic E-state index is -4.26. The molecule has 0 aliphatic heterocycles. The molecule has 0 bridgehead atoms. The molecule has 1 unspecified atom stereocenters. The van der Waals surface area contributed by atoms with Crippen molar-refractivity contribution in [2.75, 3.05) is 33.0 Å². The highest BCUT2D eigenvalue weighted by molar-refractivity contribution is 7.47. The zero-order chi connectivity index (χ0) is 32.4. The third-order valence-corrected chi connectivity index (χ3v) is 8.67. The summed E-state index contributed by atoms with van der Waals surface area (Å²) in [5.74, 6) is -0.340. The molecular formula is C35H70NO7P. The lowest BCUT2D eigenvalue weighted by molar-refractivity contribution is -0.154. The fraction of sp³-hybridized carbons (Fsp3) is 0.914. The summed E-state index contributed by atoms with van der Waals surface area (Å²) in [7, 11) is -4.26. The summed E-state index contributed by atoms with van der Waals surface area (Å²) in [5, 5.41) is 0. The number of hydrogen-bond acceptors (Lipinski definition) is 7. The molecule has 0 heterocycles. The summed E-state index contributed by atoms with van der Waals surface area (Å²) in [4.78, 5) is 22.3. The van der Waals surface area contributed by atoms with Gasteiger partial charge in [0.1, 0.15) is 6.10 Å². The first kappa shape index (κ1) is 43.2. The van der Waals surface area contributed by atoms with E-state index in [1.165, 1.54) is 103 Å². The molecule has 2 atom stereocenters. The Balaban J connectivity index is 4.09. The molecule has 0 aliphatic rings. The first-order valence-corrected chi connectivity index (χ1v) is 19.7. The minimum absolute atomic E-state index is 0.0942. The van der Waals surface area contributed by atoms with E-state index in [1.54, 1.807) is 0 Å². The quantitative estimate of drug-likeness (QED) is 0.0302. The molecule has 0 rings (SSSR count). The molecule has 0 saturated carbocycles. The van der Waals surface area contributed by atoms with Crippen LogP contribution in [0.15, 0.2) is 12.2 Å². The predicted octanol–water partition coefficient (Wildman–Crippen LogP) is 9.97. The average Bonchev–Trinajstić information content (AvgIpc) is 3.01. The molecular weight excluding hydrogens is 577 g/mol. The van der Waals surface area contributed by atoms with Gasteiger partial charge in [0.2, 0.25) is 0 Å². The van der Waals surface area contributed by atoms with E-state index in [0.717, 1.165) is 44.9 Å². The molecule has 0 aromatic heterocycles. The fourth-order valence-electron chi connectivity index (χ4n) is 4.98. The smallest absolute Gasteiger partial charge is 0.457 e. The number of unbranched alkanes of at least 4 members (excludes halogenated alkanes) is 20. The van der Waals surface area contributed by atoms with Crippen LogP contribution in [0.5, 0.6) is 0 Å². The second kappa shape index (κ2) is 33.6. The van der Waals surface area contributed by atoms with Crippen molar-refractivity contribution in [2.45, 2.75) is 174 Å². The molecule has 262 valence electrons. The Labute approximate surface area is 271 Å². The van der Waals surface area contributed by atoms with Crippen molar-refractivity contribution in [1.82, 2.24) is 0 Å². The van der Waals surface area contributed by atoms with Gasteiger partial charge >= 0.3 is 13.8 Å². The van der Waals surface area contributed by atoms with E-state index in [0.29, 0.717) is 13.0 Å². The van der Waals surface area contributed by atoms with Crippen LogP contribution in [0.25, 0.3) is 0 Å². The van der Waals surface area contributed by atoms with E-state index in [9.17, 15) is 14.3 Å². The van der Waals surface area contributed by atoms with Crippen molar-refractivity contribution in [3.63, 3.8) is 0 Å². The van der Waals surface area contributed by atoms with Crippen LogP contribution in [0.4, 0.5) is 0 Å². The van der Waals surface area contributed by atoms with Gasteiger partial charge in [0, 0.05) is 19.6 Å². The van der Waals surface area contributed by atoms with E-state index < -0.39 is 13.9 Å². The largest absolute Gasteiger partial charge is 0.472 e. The van der Waals surface area contributed by atoms with Gasteiger partial charge in [-0.25, -0.2) is 4.57 Å². The van der Waals surface area contributed by atoms with E-state index in [-0.39, 0.29) is 32.3 Å². The average molecular weight is 648 g/mol. The first-order valence-electron chi connectivity index (χ1n) is 18.2. The molecule has 8 nitrogen and oxygen atoms in total. The SMILES string of the molecule is CCCC/C=C\CCCCCCCC(=O)O[C@H](COCCCCCCCCCCCCCCCC)COP(=O)(O)OCCN. The zero-order valence-electron chi connectivity index (χ0n) is 28.7. The molecule has 0 spiro atoms. The van der Waals surface area contributed by atoms with Crippen LogP contribution < -0.4 is 5.73 Å². The van der Waals surface area contributed by atoms with Crippen LogP contribution in [0.1, 0.15) is 168 Å². The lowest BCUT2D eigenvalue weighted by Gasteiger charge is -2.20. The Hall–Kier alpha value is -0.760. The van der Waals surface area contributed by atoms with Crippen LogP contribution in [-0.2, 0) is 27.9 Å². The van der Waals surface area contributed by atoms with Crippen LogP contribution in [0.3, 0.4) is 0 Å². The van der Waals surface area contributed by atoms with Gasteiger partial charge in [-0.2, -0.15) is 0 Å². The van der Waals surface area contributed by atoms with Gasteiger partial charge in [0.15, 0.2) is 0 Å². The number of rotatable bonds is 35. The highest BCUT2D eigenvalue weighted by atomic mass is 31.2. The van der Waals surface area contributed by atoms with E-state index in [2.05, 4.69) is 26.0 Å². The summed E-state index contributed by atoms with van der Waals surface area (Å²) < 4.78 is 33.2. The van der Waals surface area contributed by atoms with Crippen LogP contribution in [-0.4, -0.2) is 49.9 Å². The number of carbonyl (C=O) groups excluding carboxylic acids is 1. The first-order chi connectivity index (χ1) is 21.4. The van der Waals surface area contributed by atoms with E-state index in [4.69, 9.17) is 24.3 Å². The van der Waals surface area contributed by atoms with Gasteiger partial charge in [0.05, 0.1) is 19.8 Å². The van der Waals surface area contributed by atoms with Crippen molar-refractivity contribution in [1.29, 1.82) is 0 Å². The Morgan fingerprint density at radius 2 is 1.16 bits per heavy atom. The van der Waals surface area contributed by atoms with Crippen molar-refractivity contribution >= 4 is 13.8 Å². The molecule has 0 aromatic rings. The lowest BCUT2D eigenvalue weighted by atomic mass is 10.0. The summed E-state index contributed by atoms with van der Waals surface area (Å²) in [6, 6.07) is 0. The molecule has 0 radical (unpaired) electrons. The highest BCUT2D eigenvalue weighted by Crippen LogP contribution is 2.43. The third kappa shape index (κ3) is 32.6. The van der Waals surface area contributed by atoms with Gasteiger partial charge in [0.25, 0.3) is 0 Å². The molecule has 0 amide bonds. The normalized spacial score (nSPS) is 13.8. The maximum atomic E-state index is 12.5. The summed E-state index contributed by atoms with van der Waals surface area (Å²) in [6.07, 6.45) is 32.2. The maximum Gasteiger partial charge on any atom is 0.472 e. The molecule has 3 N–H and O–H groups in total. The van der Waals surface area contributed by atoms with Gasteiger partial charge in [-0.05, 0) is 32.1 Å². The van der Waals surface area contributed by atoms with Crippen LogP contribution in [0.2, 0.25) is 0 Å². The zero-order valence-corrected chi connectivity index (χ0v) is 29.6. The van der Waals surface area contributed by atoms with E-state index in [1.807, 2.05) is 0 Å². The lowest BCUT2D eigenvalue weighted by Crippen LogP contribution is -2.28. The Morgan fingerprint density at radius 1 is 0.659 bits per heavy atom. The Kier molecular flexibility index (Phi) is 33.0. The molecule has 0 fully saturated rings. The van der Waals surface area contributed by atoms with Crippen molar-refractivity contribution in [3.8, 4) is 0 Å². The Morgan fingerprint density at radius 3 is 1.73 bits per heavy atom. The monoisotopic (exact) mass is 647 g/mol. The number of ether oxygens (including phenoxy) is 2. The van der Waals surface area contributed by atoms with Crippen LogP contribution >= 0.6 is 7.82 Å². The van der Waals surface area contributed by atoms with Crippen molar-refractivity contribution in [2.24, 2.45) is 5.73 Å². The second-order valence-corrected chi connectivity index (χ2v) is 13.5. The number of hydrogen-bond donors (Lipinski definition) is 2. The second-order valence-electron chi connectivity index (χ2n) is 12.1. The molecule has 44 heavy (non-hydrogen) atoms. The molecule has 0 saturated heterocycles. The maximum absolute atomic E-state index is 12.5. The highest BCUT2D eigenvalue weighted by Gasteiger charge is 2.25. The number of esters is 1. The Bertz CT molecular complexity index is 692. The predicted molar refractivity (Wildman–Crippen MR) is 183 cm³/mol. The topological polar surface area (TPSA) is 117 Å². The standard InChI is InChI=1S/C35H70NO7P/c1-3-5-7-9-11-13-15-16-17-19-21-23-25-27-30-40-32-34(33-42-44(38,39)41-31-29-36)43-35(37)28-26-24-22-20-18-14-12-10-8-6-4-2/h10,12,34H,3-9,11,13-33,36H2,1-2H3,(H,38,39)/b12-10-/t34-/m1/s1. The number of phosphoric acid groups is 1. The molecule has 0 aromatic carbocycles. The fourth-order valence-corrected chi connectivity index (χ4v) is 5.74. The van der Waals surface area contributed by atoms with Crippen molar-refractivity contribution in [3.05, 3.63) is 12.2 Å². The summed E-state index contributed by atoms with van der Waals surface area (Å²) in [5.41, 5.74) is 5.34.